The summed E-state index contributed by atoms with van der Waals surface area (Å²) in [5, 5.41) is 12.8. The van der Waals surface area contributed by atoms with Gasteiger partial charge in [-0.05, 0) is 24.1 Å². The van der Waals surface area contributed by atoms with Crippen LogP contribution in [0.15, 0.2) is 48.5 Å². The molecule has 2 aromatic rings. The van der Waals surface area contributed by atoms with Gasteiger partial charge in [0.2, 0.25) is 0 Å². The van der Waals surface area contributed by atoms with Crippen LogP contribution in [0.25, 0.3) is 0 Å². The van der Waals surface area contributed by atoms with Crippen LogP contribution in [-0.4, -0.2) is 24.2 Å². The van der Waals surface area contributed by atoms with Crippen molar-refractivity contribution in [1.82, 2.24) is 5.32 Å². The van der Waals surface area contributed by atoms with Crippen molar-refractivity contribution in [2.75, 3.05) is 7.11 Å². The van der Waals surface area contributed by atoms with Crippen molar-refractivity contribution in [1.29, 1.82) is 0 Å². The van der Waals surface area contributed by atoms with Gasteiger partial charge in [0.15, 0.2) is 0 Å². The van der Waals surface area contributed by atoms with E-state index in [1.54, 1.807) is 12.1 Å². The van der Waals surface area contributed by atoms with Crippen molar-refractivity contribution in [2.24, 2.45) is 0 Å². The maximum absolute atomic E-state index is 12.2. The van der Waals surface area contributed by atoms with Gasteiger partial charge >= 0.3 is 0 Å². The number of nitrogens with one attached hydrogen (secondary N) is 1. The largest absolute Gasteiger partial charge is 0.507 e. The third-order valence-corrected chi connectivity index (χ3v) is 3.78. The second-order valence-electron chi connectivity index (χ2n) is 5.22. The molecule has 2 atom stereocenters. The lowest BCUT2D eigenvalue weighted by atomic mass is 10.1. The number of amides is 1. The maximum Gasteiger partial charge on any atom is 0.255 e. The summed E-state index contributed by atoms with van der Waals surface area (Å²) in [6.07, 6.45) is 0.937. The highest BCUT2D eigenvalue weighted by Crippen LogP contribution is 2.41. The number of aromatic hydroxyl groups is 1. The minimum Gasteiger partial charge on any atom is -0.507 e. The van der Waals surface area contributed by atoms with E-state index in [4.69, 9.17) is 4.74 Å². The molecule has 0 bridgehead atoms. The third kappa shape index (κ3) is 2.84. The van der Waals surface area contributed by atoms with E-state index in [2.05, 4.69) is 17.4 Å². The molecule has 2 N–H and O–H groups in total. The molecule has 0 aliphatic heterocycles. The zero-order valence-electron chi connectivity index (χ0n) is 11.7. The van der Waals surface area contributed by atoms with Crippen LogP contribution in [0, 0.1) is 0 Å². The zero-order chi connectivity index (χ0) is 14.8. The van der Waals surface area contributed by atoms with E-state index in [0.717, 1.165) is 6.42 Å². The molecule has 0 heterocycles. The number of hydrogen-bond acceptors (Lipinski definition) is 3. The van der Waals surface area contributed by atoms with Gasteiger partial charge in [-0.2, -0.15) is 0 Å². The molecular formula is C17H17NO3. The average Bonchev–Trinajstić information content (AvgIpc) is 3.27. The summed E-state index contributed by atoms with van der Waals surface area (Å²) in [5.41, 5.74) is 1.51. The van der Waals surface area contributed by atoms with E-state index in [-0.39, 0.29) is 23.3 Å². The highest BCUT2D eigenvalue weighted by molar-refractivity contribution is 5.97. The summed E-state index contributed by atoms with van der Waals surface area (Å²) in [6.45, 7) is 0. The maximum atomic E-state index is 12.2. The van der Waals surface area contributed by atoms with Crippen molar-refractivity contribution < 1.29 is 14.6 Å². The molecule has 1 amide bonds. The van der Waals surface area contributed by atoms with E-state index in [9.17, 15) is 9.90 Å². The van der Waals surface area contributed by atoms with Gasteiger partial charge in [0.25, 0.3) is 5.91 Å². The van der Waals surface area contributed by atoms with Gasteiger partial charge in [0.1, 0.15) is 11.5 Å². The van der Waals surface area contributed by atoms with Crippen LogP contribution >= 0.6 is 0 Å². The van der Waals surface area contributed by atoms with E-state index in [0.29, 0.717) is 11.7 Å². The van der Waals surface area contributed by atoms with Crippen LogP contribution in [0.2, 0.25) is 0 Å². The molecule has 0 radical (unpaired) electrons. The molecule has 0 aromatic heterocycles. The normalized spacial score (nSPS) is 19.9. The summed E-state index contributed by atoms with van der Waals surface area (Å²) in [4.78, 5) is 12.2. The van der Waals surface area contributed by atoms with Crippen LogP contribution in [0.4, 0.5) is 0 Å². The molecule has 4 nitrogen and oxygen atoms in total. The number of carbonyl (C=O) groups excluding carboxylic acids is 1. The SMILES string of the molecule is COc1ccc(C(=O)N[C@H]2C[C@@H]2c2ccccc2)c(O)c1. The van der Waals surface area contributed by atoms with Gasteiger partial charge in [0.05, 0.1) is 12.7 Å². The Balaban J connectivity index is 1.66. The number of hydrogen-bond donors (Lipinski definition) is 2. The molecule has 4 heteroatoms. The first kappa shape index (κ1) is 13.5. The molecule has 0 unspecified atom stereocenters. The molecule has 3 rings (SSSR count). The summed E-state index contributed by atoms with van der Waals surface area (Å²) >= 11 is 0. The van der Waals surface area contributed by atoms with Gasteiger partial charge in [-0.1, -0.05) is 30.3 Å². The first-order chi connectivity index (χ1) is 10.2. The number of carbonyl (C=O) groups is 1. The number of phenols is 1. The van der Waals surface area contributed by atoms with Crippen molar-refractivity contribution in [3.05, 3.63) is 59.7 Å². The molecule has 1 aliphatic rings. The lowest BCUT2D eigenvalue weighted by molar-refractivity contribution is 0.0947. The third-order valence-electron chi connectivity index (χ3n) is 3.78. The Kier molecular flexibility index (Phi) is 3.52. The minimum absolute atomic E-state index is 0.0660. The zero-order valence-corrected chi connectivity index (χ0v) is 11.7. The molecule has 1 fully saturated rings. The Hall–Kier alpha value is -2.49. The number of benzene rings is 2. The molecule has 0 saturated heterocycles. The van der Waals surface area contributed by atoms with E-state index in [1.807, 2.05) is 18.2 Å². The van der Waals surface area contributed by atoms with Gasteiger partial charge in [0, 0.05) is 18.0 Å². The Bertz CT molecular complexity index is 654. The Morgan fingerprint density at radius 3 is 2.67 bits per heavy atom. The monoisotopic (exact) mass is 283 g/mol. The Labute approximate surface area is 123 Å². The van der Waals surface area contributed by atoms with Crippen LogP contribution in [-0.2, 0) is 0 Å². The fourth-order valence-corrected chi connectivity index (χ4v) is 2.50. The highest BCUT2D eigenvalue weighted by Gasteiger charge is 2.39. The van der Waals surface area contributed by atoms with Crippen LogP contribution in [0.1, 0.15) is 28.3 Å². The number of rotatable bonds is 4. The van der Waals surface area contributed by atoms with Crippen molar-refractivity contribution in [3.63, 3.8) is 0 Å². The van der Waals surface area contributed by atoms with Crippen molar-refractivity contribution in [3.8, 4) is 11.5 Å². The molecule has 1 saturated carbocycles. The standard InChI is InChI=1S/C17H17NO3/c1-21-12-7-8-13(16(19)9-12)17(20)18-15-10-14(15)11-5-3-2-4-6-11/h2-9,14-15,19H,10H2,1H3,(H,18,20)/t14-,15+/m1/s1. The molecule has 1 aliphatic carbocycles. The average molecular weight is 283 g/mol. The molecular weight excluding hydrogens is 266 g/mol. The quantitative estimate of drug-likeness (QED) is 0.907. The summed E-state index contributed by atoms with van der Waals surface area (Å²) in [6, 6.07) is 14.9. The van der Waals surface area contributed by atoms with Crippen molar-refractivity contribution >= 4 is 5.91 Å². The first-order valence-electron chi connectivity index (χ1n) is 6.92. The molecule has 0 spiro atoms. The molecule has 2 aromatic carbocycles. The van der Waals surface area contributed by atoms with E-state index in [1.165, 1.54) is 18.7 Å². The van der Waals surface area contributed by atoms with E-state index >= 15 is 0 Å². The predicted molar refractivity (Wildman–Crippen MR) is 79.7 cm³/mol. The van der Waals surface area contributed by atoms with Gasteiger partial charge in [-0.25, -0.2) is 0 Å². The number of methoxy groups -OCH3 is 1. The summed E-state index contributed by atoms with van der Waals surface area (Å²) < 4.78 is 5.01. The van der Waals surface area contributed by atoms with Crippen molar-refractivity contribution in [2.45, 2.75) is 18.4 Å². The lowest BCUT2D eigenvalue weighted by Crippen LogP contribution is -2.26. The fourth-order valence-electron chi connectivity index (χ4n) is 2.50. The Morgan fingerprint density at radius 2 is 2.00 bits per heavy atom. The van der Waals surface area contributed by atoms with Crippen LogP contribution < -0.4 is 10.1 Å². The fraction of sp³-hybridized carbons (Fsp3) is 0.235. The van der Waals surface area contributed by atoms with Crippen LogP contribution in [0.3, 0.4) is 0 Å². The minimum atomic E-state index is -0.251. The number of phenolic OH excluding ortho intramolecular Hbond substituents is 1. The smallest absolute Gasteiger partial charge is 0.255 e. The molecule has 21 heavy (non-hydrogen) atoms. The number of ether oxygens (including phenoxy) is 1. The predicted octanol–water partition coefficient (Wildman–Crippen LogP) is 2.69. The topological polar surface area (TPSA) is 58.6 Å². The highest BCUT2D eigenvalue weighted by atomic mass is 16.5. The van der Waals surface area contributed by atoms with E-state index < -0.39 is 0 Å². The van der Waals surface area contributed by atoms with Gasteiger partial charge in [-0.15, -0.1) is 0 Å². The lowest BCUT2D eigenvalue weighted by Gasteiger charge is -2.08. The molecule has 108 valence electrons. The second-order valence-corrected chi connectivity index (χ2v) is 5.22. The summed E-state index contributed by atoms with van der Waals surface area (Å²) in [7, 11) is 1.52. The van der Waals surface area contributed by atoms with Gasteiger partial charge in [-0.3, -0.25) is 4.79 Å². The Morgan fingerprint density at radius 1 is 1.24 bits per heavy atom. The van der Waals surface area contributed by atoms with Crippen LogP contribution in [0.5, 0.6) is 11.5 Å². The first-order valence-corrected chi connectivity index (χ1v) is 6.92. The second kappa shape index (κ2) is 5.48. The van der Waals surface area contributed by atoms with Gasteiger partial charge < -0.3 is 15.2 Å². The summed E-state index contributed by atoms with van der Waals surface area (Å²) in [5.74, 6) is 0.579.